The molecule has 0 radical (unpaired) electrons. The molecule has 1 fully saturated rings. The number of rotatable bonds is 5. The fraction of sp³-hybridized carbons (Fsp3) is 0.625. The van der Waals surface area contributed by atoms with Crippen molar-refractivity contribution in [2.45, 2.75) is 25.4 Å². The summed E-state index contributed by atoms with van der Waals surface area (Å²) in [7, 11) is 3.91. The first kappa shape index (κ1) is 15.3. The minimum atomic E-state index is 0.309. The van der Waals surface area contributed by atoms with E-state index in [2.05, 4.69) is 35.9 Å². The Bertz CT molecular complexity index is 407. The van der Waals surface area contributed by atoms with Crippen molar-refractivity contribution in [1.29, 1.82) is 0 Å². The normalized spacial score (nSPS) is 22.7. The molecule has 1 aliphatic heterocycles. The van der Waals surface area contributed by atoms with Gasteiger partial charge in [0.25, 0.3) is 0 Å². The summed E-state index contributed by atoms with van der Waals surface area (Å²) in [6, 6.07) is 9.25. The van der Waals surface area contributed by atoms with Crippen LogP contribution in [0.25, 0.3) is 0 Å². The van der Waals surface area contributed by atoms with Gasteiger partial charge in [-0.25, -0.2) is 0 Å². The summed E-state index contributed by atoms with van der Waals surface area (Å²) in [4.78, 5) is 4.98. The molecule has 0 spiro atoms. The highest BCUT2D eigenvalue weighted by Gasteiger charge is 2.28. The molecular formula is C16H27N3O. The second-order valence-electron chi connectivity index (χ2n) is 5.56. The van der Waals surface area contributed by atoms with Crippen molar-refractivity contribution in [3.63, 3.8) is 0 Å². The lowest BCUT2D eigenvalue weighted by molar-refractivity contribution is 0.0644. The van der Waals surface area contributed by atoms with Crippen LogP contribution in [0.15, 0.2) is 24.3 Å². The second-order valence-corrected chi connectivity index (χ2v) is 5.56. The predicted octanol–water partition coefficient (Wildman–Crippen LogP) is 1.72. The second kappa shape index (κ2) is 7.07. The van der Waals surface area contributed by atoms with Gasteiger partial charge in [-0.05, 0) is 31.2 Å². The molecule has 2 rings (SSSR count). The molecule has 112 valence electrons. The first-order chi connectivity index (χ1) is 9.69. The molecule has 1 saturated heterocycles. The van der Waals surface area contributed by atoms with Gasteiger partial charge >= 0.3 is 0 Å². The number of hydrogen-bond donors (Lipinski definition) is 1. The molecular weight excluding hydrogens is 250 g/mol. The zero-order chi connectivity index (χ0) is 14.5. The maximum absolute atomic E-state index is 6.04. The molecule has 20 heavy (non-hydrogen) atoms. The third-order valence-corrected chi connectivity index (χ3v) is 4.44. The summed E-state index contributed by atoms with van der Waals surface area (Å²) < 4.78 is 5.23. The number of methoxy groups -OCH3 is 1. The largest absolute Gasteiger partial charge is 0.497 e. The van der Waals surface area contributed by atoms with Crippen LogP contribution in [0.1, 0.15) is 24.9 Å². The summed E-state index contributed by atoms with van der Waals surface area (Å²) in [5, 5.41) is 0. The molecule has 0 bridgehead atoms. The van der Waals surface area contributed by atoms with Crippen LogP contribution >= 0.6 is 0 Å². The van der Waals surface area contributed by atoms with Crippen molar-refractivity contribution in [1.82, 2.24) is 9.80 Å². The minimum Gasteiger partial charge on any atom is -0.497 e. The third kappa shape index (κ3) is 3.32. The van der Waals surface area contributed by atoms with Crippen LogP contribution in [0, 0.1) is 0 Å². The lowest BCUT2D eigenvalue weighted by Gasteiger charge is -2.42. The Morgan fingerprint density at radius 3 is 2.55 bits per heavy atom. The van der Waals surface area contributed by atoms with E-state index in [0.717, 1.165) is 25.4 Å². The van der Waals surface area contributed by atoms with Gasteiger partial charge in [-0.1, -0.05) is 19.1 Å². The van der Waals surface area contributed by atoms with E-state index in [1.54, 1.807) is 7.11 Å². The van der Waals surface area contributed by atoms with Crippen molar-refractivity contribution in [2.24, 2.45) is 5.73 Å². The van der Waals surface area contributed by atoms with Crippen LogP contribution in [-0.4, -0.2) is 56.2 Å². The highest BCUT2D eigenvalue weighted by Crippen LogP contribution is 2.25. The van der Waals surface area contributed by atoms with Crippen LogP contribution in [0.5, 0.6) is 5.75 Å². The van der Waals surface area contributed by atoms with Gasteiger partial charge in [-0.2, -0.15) is 0 Å². The molecule has 2 atom stereocenters. The summed E-state index contributed by atoms with van der Waals surface area (Å²) >= 11 is 0. The van der Waals surface area contributed by atoms with Crippen molar-refractivity contribution in [3.05, 3.63) is 29.8 Å². The Morgan fingerprint density at radius 1 is 1.30 bits per heavy atom. The van der Waals surface area contributed by atoms with Crippen LogP contribution in [0.3, 0.4) is 0 Å². The standard InChI is InChI=1S/C16H27N3O/c1-4-14-12-19(10-9-18(14)2)16(11-17)13-5-7-15(20-3)8-6-13/h5-8,14,16H,4,9-12,17H2,1-3H3. The Kier molecular flexibility index (Phi) is 5.40. The van der Waals surface area contributed by atoms with Crippen molar-refractivity contribution in [2.75, 3.05) is 40.3 Å². The third-order valence-electron chi connectivity index (χ3n) is 4.44. The summed E-state index contributed by atoms with van der Waals surface area (Å²) in [5.41, 5.74) is 7.33. The number of ether oxygens (including phenoxy) is 1. The summed E-state index contributed by atoms with van der Waals surface area (Å²) in [6.45, 7) is 6.22. The van der Waals surface area contributed by atoms with Crippen molar-refractivity contribution < 1.29 is 4.74 Å². The number of hydrogen-bond acceptors (Lipinski definition) is 4. The topological polar surface area (TPSA) is 41.7 Å². The molecule has 0 saturated carbocycles. The SMILES string of the molecule is CCC1CN(C(CN)c2ccc(OC)cc2)CCN1C. The molecule has 1 heterocycles. The predicted molar refractivity (Wildman–Crippen MR) is 83.1 cm³/mol. The van der Waals surface area contributed by atoms with Gasteiger partial charge in [0.1, 0.15) is 5.75 Å². The average Bonchev–Trinajstić information content (AvgIpc) is 2.50. The van der Waals surface area contributed by atoms with E-state index in [-0.39, 0.29) is 0 Å². The van der Waals surface area contributed by atoms with Crippen LogP contribution in [-0.2, 0) is 0 Å². The first-order valence-electron chi connectivity index (χ1n) is 7.47. The maximum atomic E-state index is 6.04. The summed E-state index contributed by atoms with van der Waals surface area (Å²) in [6.07, 6.45) is 1.19. The smallest absolute Gasteiger partial charge is 0.118 e. The number of nitrogens with two attached hydrogens (primary N) is 1. The molecule has 0 aromatic heterocycles. The van der Waals surface area contributed by atoms with Crippen LogP contribution in [0.4, 0.5) is 0 Å². The zero-order valence-corrected chi connectivity index (χ0v) is 12.9. The highest BCUT2D eigenvalue weighted by atomic mass is 16.5. The van der Waals surface area contributed by atoms with Gasteiger partial charge in [0, 0.05) is 38.3 Å². The molecule has 2 N–H and O–H groups in total. The Morgan fingerprint density at radius 2 is 2.00 bits per heavy atom. The lowest BCUT2D eigenvalue weighted by Crippen LogP contribution is -2.53. The summed E-state index contributed by atoms with van der Waals surface area (Å²) in [5.74, 6) is 0.898. The fourth-order valence-electron chi connectivity index (χ4n) is 3.02. The van der Waals surface area contributed by atoms with E-state index < -0.39 is 0 Å². The molecule has 1 aromatic carbocycles. The van der Waals surface area contributed by atoms with Gasteiger partial charge in [0.15, 0.2) is 0 Å². The lowest BCUT2D eigenvalue weighted by atomic mass is 10.0. The molecule has 4 heteroatoms. The number of benzene rings is 1. The Balaban J connectivity index is 2.10. The number of piperazine rings is 1. The Hall–Kier alpha value is -1.10. The average molecular weight is 277 g/mol. The first-order valence-corrected chi connectivity index (χ1v) is 7.47. The molecule has 1 aromatic rings. The van der Waals surface area contributed by atoms with Crippen molar-refractivity contribution >= 4 is 0 Å². The van der Waals surface area contributed by atoms with Crippen LogP contribution < -0.4 is 10.5 Å². The molecule has 1 aliphatic rings. The van der Waals surface area contributed by atoms with Crippen molar-refractivity contribution in [3.8, 4) is 5.75 Å². The van der Waals surface area contributed by atoms with E-state index in [9.17, 15) is 0 Å². The quantitative estimate of drug-likeness (QED) is 0.890. The van der Waals surface area contributed by atoms with Gasteiger partial charge in [-0.15, -0.1) is 0 Å². The monoisotopic (exact) mass is 277 g/mol. The number of nitrogens with zero attached hydrogens (tertiary/aromatic N) is 2. The van der Waals surface area contributed by atoms with Crippen LogP contribution in [0.2, 0.25) is 0 Å². The molecule has 4 nitrogen and oxygen atoms in total. The molecule has 2 unspecified atom stereocenters. The zero-order valence-electron chi connectivity index (χ0n) is 12.9. The van der Waals surface area contributed by atoms with Gasteiger partial charge < -0.3 is 15.4 Å². The molecule has 0 amide bonds. The maximum Gasteiger partial charge on any atom is 0.118 e. The highest BCUT2D eigenvalue weighted by molar-refractivity contribution is 5.29. The van der Waals surface area contributed by atoms with Gasteiger partial charge in [-0.3, -0.25) is 4.90 Å². The minimum absolute atomic E-state index is 0.309. The van der Waals surface area contributed by atoms with Gasteiger partial charge in [0.2, 0.25) is 0 Å². The van der Waals surface area contributed by atoms with E-state index in [0.29, 0.717) is 18.6 Å². The number of likely N-dealkylation sites (N-methyl/N-ethyl adjacent to an activating group) is 1. The fourth-order valence-corrected chi connectivity index (χ4v) is 3.02. The van der Waals surface area contributed by atoms with E-state index in [1.807, 2.05) is 12.1 Å². The van der Waals surface area contributed by atoms with E-state index >= 15 is 0 Å². The van der Waals surface area contributed by atoms with E-state index in [1.165, 1.54) is 12.0 Å². The molecule has 0 aliphatic carbocycles. The Labute approximate surface area is 122 Å². The van der Waals surface area contributed by atoms with Gasteiger partial charge in [0.05, 0.1) is 7.11 Å². The van der Waals surface area contributed by atoms with E-state index in [4.69, 9.17) is 10.5 Å².